The largest absolute Gasteiger partial charge is 0.481 e. The van der Waals surface area contributed by atoms with Crippen molar-refractivity contribution >= 4 is 52.3 Å². The van der Waals surface area contributed by atoms with E-state index >= 15 is 0 Å². The van der Waals surface area contributed by atoms with Gasteiger partial charge in [-0.05, 0) is 42.0 Å². The SMILES string of the molecule is CSCCC(NC(=O)C(N)Cc1ccccc1)C(=O)NC(Cc1c[nH]c2ccccc12)C(=O)NC(CC(=O)O)C(=O)O. The zero-order valence-corrected chi connectivity index (χ0v) is 23.9. The molecule has 0 fully saturated rings. The van der Waals surface area contributed by atoms with E-state index in [0.717, 1.165) is 16.5 Å². The molecule has 0 radical (unpaired) electrons. The number of fused-ring (bicyclic) bond motifs is 1. The third kappa shape index (κ3) is 9.35. The Hall–Kier alpha value is -4.36. The maximum Gasteiger partial charge on any atom is 0.326 e. The fraction of sp³-hybridized carbons (Fsp3) is 0.345. The number of benzene rings is 2. The van der Waals surface area contributed by atoms with Crippen LogP contribution in [0.15, 0.2) is 60.8 Å². The Labute approximate surface area is 246 Å². The van der Waals surface area contributed by atoms with E-state index in [1.165, 1.54) is 11.8 Å². The highest BCUT2D eigenvalue weighted by atomic mass is 32.2. The number of nitrogens with one attached hydrogen (secondary N) is 4. The molecular formula is C29H35N5O7S. The number of nitrogens with two attached hydrogens (primary N) is 1. The number of carboxylic acids is 2. The smallest absolute Gasteiger partial charge is 0.326 e. The lowest BCUT2D eigenvalue weighted by atomic mass is 10.0. The number of rotatable bonds is 16. The van der Waals surface area contributed by atoms with Gasteiger partial charge < -0.3 is 36.9 Å². The summed E-state index contributed by atoms with van der Waals surface area (Å²) in [5, 5.41) is 26.9. The molecule has 0 aliphatic carbocycles. The fourth-order valence-electron chi connectivity index (χ4n) is 4.39. The maximum atomic E-state index is 13.5. The predicted octanol–water partition coefficient (Wildman–Crippen LogP) is 1.05. The van der Waals surface area contributed by atoms with E-state index in [1.807, 2.05) is 60.9 Å². The second-order valence-corrected chi connectivity index (χ2v) is 10.7. The van der Waals surface area contributed by atoms with Gasteiger partial charge in [-0.25, -0.2) is 4.79 Å². The molecule has 1 heterocycles. The predicted molar refractivity (Wildman–Crippen MR) is 159 cm³/mol. The fourth-order valence-corrected chi connectivity index (χ4v) is 4.86. The van der Waals surface area contributed by atoms with E-state index in [1.54, 1.807) is 6.20 Å². The molecule has 13 heteroatoms. The minimum atomic E-state index is -1.71. The second-order valence-electron chi connectivity index (χ2n) is 9.76. The lowest BCUT2D eigenvalue weighted by Crippen LogP contribution is -2.58. The lowest BCUT2D eigenvalue weighted by Gasteiger charge is -2.25. The Balaban J connectivity index is 1.81. The minimum Gasteiger partial charge on any atom is -0.481 e. The van der Waals surface area contributed by atoms with Crippen molar-refractivity contribution in [2.45, 2.75) is 49.9 Å². The van der Waals surface area contributed by atoms with Crippen LogP contribution < -0.4 is 21.7 Å². The highest BCUT2D eigenvalue weighted by Crippen LogP contribution is 2.19. The quantitative estimate of drug-likeness (QED) is 0.126. The highest BCUT2D eigenvalue weighted by molar-refractivity contribution is 7.98. The molecule has 2 aromatic carbocycles. The lowest BCUT2D eigenvalue weighted by molar-refractivity contribution is -0.147. The number of aliphatic carboxylic acids is 2. The molecule has 0 saturated heterocycles. The van der Waals surface area contributed by atoms with Gasteiger partial charge in [0, 0.05) is 23.5 Å². The number of para-hydroxylation sites is 1. The van der Waals surface area contributed by atoms with Gasteiger partial charge in [0.2, 0.25) is 17.7 Å². The molecule has 1 aromatic heterocycles. The van der Waals surface area contributed by atoms with Crippen molar-refractivity contribution in [3.8, 4) is 0 Å². The molecule has 0 aliphatic rings. The van der Waals surface area contributed by atoms with E-state index in [4.69, 9.17) is 10.8 Å². The summed E-state index contributed by atoms with van der Waals surface area (Å²) in [6, 6.07) is 11.6. The van der Waals surface area contributed by atoms with E-state index in [9.17, 15) is 29.1 Å². The Morgan fingerprint density at radius 3 is 2.12 bits per heavy atom. The topological polar surface area (TPSA) is 204 Å². The summed E-state index contributed by atoms with van der Waals surface area (Å²) in [5.41, 5.74) is 8.45. The Morgan fingerprint density at radius 1 is 0.833 bits per heavy atom. The standard InChI is InChI=1S/C29H35N5O7S/c1-42-12-11-22(32-26(37)20(30)13-17-7-3-2-4-8-17)27(38)33-23(28(39)34-24(29(40)41)15-25(35)36)14-18-16-31-21-10-6-5-9-19(18)21/h2-10,16,20,22-24,31H,11-15,30H2,1H3,(H,32,37)(H,33,38)(H,34,39)(H,35,36)(H,40,41). The van der Waals surface area contributed by atoms with Crippen molar-refractivity contribution in [1.29, 1.82) is 0 Å². The zero-order chi connectivity index (χ0) is 30.6. The van der Waals surface area contributed by atoms with Gasteiger partial charge in [0.25, 0.3) is 0 Å². The van der Waals surface area contributed by atoms with E-state index in [0.29, 0.717) is 11.3 Å². The van der Waals surface area contributed by atoms with Crippen LogP contribution in [-0.2, 0) is 36.8 Å². The first-order valence-corrected chi connectivity index (χ1v) is 14.7. The summed E-state index contributed by atoms with van der Waals surface area (Å²) in [6.07, 6.45) is 3.15. The van der Waals surface area contributed by atoms with Crippen LogP contribution in [0.5, 0.6) is 0 Å². The summed E-state index contributed by atoms with van der Waals surface area (Å²) < 4.78 is 0. The number of H-pyrrole nitrogens is 1. The molecule has 4 atom stereocenters. The third-order valence-electron chi connectivity index (χ3n) is 6.60. The molecule has 3 aromatic rings. The Kier molecular flexibility index (Phi) is 11.9. The zero-order valence-electron chi connectivity index (χ0n) is 23.0. The molecule has 0 spiro atoms. The van der Waals surface area contributed by atoms with Crippen molar-refractivity contribution in [3.05, 3.63) is 71.9 Å². The van der Waals surface area contributed by atoms with Crippen LogP contribution in [0, 0.1) is 0 Å². The molecular weight excluding hydrogens is 562 g/mol. The average molecular weight is 598 g/mol. The van der Waals surface area contributed by atoms with Crippen LogP contribution in [0.1, 0.15) is 24.0 Å². The normalized spacial score (nSPS) is 13.9. The molecule has 224 valence electrons. The van der Waals surface area contributed by atoms with Gasteiger partial charge in [0.1, 0.15) is 18.1 Å². The van der Waals surface area contributed by atoms with Crippen molar-refractivity contribution in [3.63, 3.8) is 0 Å². The number of aromatic nitrogens is 1. The van der Waals surface area contributed by atoms with Crippen LogP contribution in [0.25, 0.3) is 10.9 Å². The molecule has 12 nitrogen and oxygen atoms in total. The van der Waals surface area contributed by atoms with Gasteiger partial charge >= 0.3 is 11.9 Å². The summed E-state index contributed by atoms with van der Waals surface area (Å²) in [7, 11) is 0. The number of thioether (sulfide) groups is 1. The number of hydrogen-bond donors (Lipinski definition) is 7. The van der Waals surface area contributed by atoms with Gasteiger partial charge in [-0.15, -0.1) is 0 Å². The number of carboxylic acid groups (broad SMARTS) is 2. The molecule has 0 bridgehead atoms. The maximum absolute atomic E-state index is 13.5. The van der Waals surface area contributed by atoms with Crippen molar-refractivity contribution in [2.24, 2.45) is 5.73 Å². The molecule has 42 heavy (non-hydrogen) atoms. The van der Waals surface area contributed by atoms with Crippen LogP contribution in [-0.4, -0.2) is 81.0 Å². The summed E-state index contributed by atoms with van der Waals surface area (Å²) in [4.78, 5) is 65.6. The molecule has 3 rings (SSSR count). The van der Waals surface area contributed by atoms with Crippen LogP contribution in [0.2, 0.25) is 0 Å². The molecule has 0 saturated carbocycles. The van der Waals surface area contributed by atoms with Gasteiger partial charge in [0.05, 0.1) is 12.5 Å². The number of aromatic amines is 1. The molecule has 3 amide bonds. The number of carbonyl (C=O) groups is 5. The van der Waals surface area contributed by atoms with Gasteiger partial charge in [-0.3, -0.25) is 19.2 Å². The van der Waals surface area contributed by atoms with E-state index < -0.39 is 60.2 Å². The summed E-state index contributed by atoms with van der Waals surface area (Å²) >= 11 is 1.47. The number of hydrogen-bond acceptors (Lipinski definition) is 7. The van der Waals surface area contributed by atoms with Crippen molar-refractivity contribution < 1.29 is 34.2 Å². The minimum absolute atomic E-state index is 0.0300. The van der Waals surface area contributed by atoms with Gasteiger partial charge in [-0.1, -0.05) is 48.5 Å². The summed E-state index contributed by atoms with van der Waals surface area (Å²) in [6.45, 7) is 0. The first-order chi connectivity index (χ1) is 20.1. The third-order valence-corrected chi connectivity index (χ3v) is 7.25. The summed E-state index contributed by atoms with van der Waals surface area (Å²) in [5.74, 6) is -4.49. The van der Waals surface area contributed by atoms with Crippen molar-refractivity contribution in [2.75, 3.05) is 12.0 Å². The number of amides is 3. The van der Waals surface area contributed by atoms with Crippen molar-refractivity contribution in [1.82, 2.24) is 20.9 Å². The van der Waals surface area contributed by atoms with E-state index in [2.05, 4.69) is 20.9 Å². The van der Waals surface area contributed by atoms with Crippen LogP contribution >= 0.6 is 11.8 Å². The average Bonchev–Trinajstić information content (AvgIpc) is 3.37. The molecule has 4 unspecified atom stereocenters. The highest BCUT2D eigenvalue weighted by Gasteiger charge is 2.31. The van der Waals surface area contributed by atoms with Crippen LogP contribution in [0.3, 0.4) is 0 Å². The monoisotopic (exact) mass is 597 g/mol. The molecule has 0 aliphatic heterocycles. The molecule has 8 N–H and O–H groups in total. The first kappa shape index (κ1) is 32.2. The van der Waals surface area contributed by atoms with Gasteiger partial charge in [-0.2, -0.15) is 11.8 Å². The number of carbonyl (C=O) groups excluding carboxylic acids is 3. The van der Waals surface area contributed by atoms with Crippen LogP contribution in [0.4, 0.5) is 0 Å². The first-order valence-electron chi connectivity index (χ1n) is 13.3. The van der Waals surface area contributed by atoms with E-state index in [-0.39, 0.29) is 19.3 Å². The Morgan fingerprint density at radius 2 is 1.45 bits per heavy atom. The van der Waals surface area contributed by atoms with Gasteiger partial charge in [0.15, 0.2) is 0 Å². The Bertz CT molecular complexity index is 1400. The second kappa shape index (κ2) is 15.6.